The molecule has 4 nitrogen and oxygen atoms in total. The maximum Gasteiger partial charge on any atom is 0.337 e. The molecule has 0 unspecified atom stereocenters. The van der Waals surface area contributed by atoms with Crippen LogP contribution in [0.4, 0.5) is 0 Å². The fourth-order valence-corrected chi connectivity index (χ4v) is 1.16. The molecule has 4 heteroatoms. The summed E-state index contributed by atoms with van der Waals surface area (Å²) in [5.74, 6) is -0.883. The maximum absolute atomic E-state index is 10.5. The summed E-state index contributed by atoms with van der Waals surface area (Å²) in [6.45, 7) is 0.996. The molecule has 1 aliphatic heterocycles. The lowest BCUT2D eigenvalue weighted by atomic mass is 10.3. The van der Waals surface area contributed by atoms with Crippen LogP contribution in [0.2, 0.25) is 0 Å². The number of ether oxygens (including phenoxy) is 1. The SMILES string of the molecule is O=C(O)c1cc2n(c1)COC2. The molecule has 11 heavy (non-hydrogen) atoms. The van der Waals surface area contributed by atoms with Gasteiger partial charge in [-0.15, -0.1) is 0 Å². The normalized spacial score (nSPS) is 14.9. The molecule has 2 heterocycles. The van der Waals surface area contributed by atoms with Crippen LogP contribution in [0.25, 0.3) is 0 Å². The lowest BCUT2D eigenvalue weighted by Gasteiger charge is -1.90. The summed E-state index contributed by atoms with van der Waals surface area (Å²) in [7, 11) is 0. The number of hydrogen-bond acceptors (Lipinski definition) is 2. The number of rotatable bonds is 1. The predicted molar refractivity (Wildman–Crippen MR) is 36.2 cm³/mol. The van der Waals surface area contributed by atoms with Gasteiger partial charge >= 0.3 is 5.97 Å². The van der Waals surface area contributed by atoms with E-state index >= 15 is 0 Å². The van der Waals surface area contributed by atoms with Crippen LogP contribution in [0.1, 0.15) is 16.1 Å². The first-order valence-corrected chi connectivity index (χ1v) is 3.27. The molecule has 0 atom stereocenters. The fourth-order valence-electron chi connectivity index (χ4n) is 1.16. The smallest absolute Gasteiger partial charge is 0.337 e. The van der Waals surface area contributed by atoms with Crippen LogP contribution in [0.15, 0.2) is 12.3 Å². The standard InChI is InChI=1S/C7H7NO3/c9-7(10)5-1-6-3-11-4-8(6)2-5/h1-2H,3-4H2,(H,9,10). The fraction of sp³-hybridized carbons (Fsp3) is 0.286. The topological polar surface area (TPSA) is 51.5 Å². The third kappa shape index (κ3) is 0.914. The van der Waals surface area contributed by atoms with Crippen molar-refractivity contribution < 1.29 is 14.6 Å². The number of carbonyl (C=O) groups is 1. The average Bonchev–Trinajstić information content (AvgIpc) is 2.40. The second kappa shape index (κ2) is 2.10. The molecule has 1 aromatic rings. The van der Waals surface area contributed by atoms with Crippen molar-refractivity contribution in [1.29, 1.82) is 0 Å². The lowest BCUT2D eigenvalue weighted by Crippen LogP contribution is -1.95. The predicted octanol–water partition coefficient (Wildman–Crippen LogP) is 0.674. The van der Waals surface area contributed by atoms with E-state index in [1.54, 1.807) is 16.8 Å². The molecule has 0 aliphatic carbocycles. The molecule has 58 valence electrons. The van der Waals surface area contributed by atoms with Gasteiger partial charge in [-0.25, -0.2) is 4.79 Å². The van der Waals surface area contributed by atoms with Crippen LogP contribution in [0, 0.1) is 0 Å². The largest absolute Gasteiger partial charge is 0.478 e. The van der Waals surface area contributed by atoms with E-state index in [4.69, 9.17) is 9.84 Å². The third-order valence-corrected chi connectivity index (χ3v) is 1.71. The van der Waals surface area contributed by atoms with Crippen LogP contribution < -0.4 is 0 Å². The van der Waals surface area contributed by atoms with Gasteiger partial charge in [0.05, 0.1) is 12.2 Å². The van der Waals surface area contributed by atoms with Gasteiger partial charge in [0.15, 0.2) is 0 Å². The second-order valence-corrected chi connectivity index (χ2v) is 2.47. The van der Waals surface area contributed by atoms with E-state index in [0.717, 1.165) is 5.69 Å². The van der Waals surface area contributed by atoms with Crippen molar-refractivity contribution in [2.24, 2.45) is 0 Å². The van der Waals surface area contributed by atoms with Gasteiger partial charge in [-0.1, -0.05) is 0 Å². The van der Waals surface area contributed by atoms with E-state index in [0.29, 0.717) is 18.9 Å². The number of aromatic nitrogens is 1. The van der Waals surface area contributed by atoms with Gasteiger partial charge in [-0.2, -0.15) is 0 Å². The Morgan fingerprint density at radius 3 is 3.18 bits per heavy atom. The van der Waals surface area contributed by atoms with Crippen LogP contribution in [-0.2, 0) is 18.1 Å². The van der Waals surface area contributed by atoms with Crippen molar-refractivity contribution in [3.8, 4) is 0 Å². The van der Waals surface area contributed by atoms with Crippen LogP contribution >= 0.6 is 0 Å². The van der Waals surface area contributed by atoms with Crippen LogP contribution in [0.3, 0.4) is 0 Å². The highest BCUT2D eigenvalue weighted by atomic mass is 16.5. The number of carboxylic acids is 1. The minimum atomic E-state index is -0.883. The summed E-state index contributed by atoms with van der Waals surface area (Å²) in [5, 5.41) is 8.59. The Balaban J connectivity index is 2.42. The molecule has 1 aliphatic rings. The van der Waals surface area contributed by atoms with Crippen molar-refractivity contribution in [2.75, 3.05) is 0 Å². The Bertz CT molecular complexity index is 281. The second-order valence-electron chi connectivity index (χ2n) is 2.47. The average molecular weight is 153 g/mol. The minimum absolute atomic E-state index is 0.336. The number of nitrogens with zero attached hydrogens (tertiary/aromatic N) is 1. The monoisotopic (exact) mass is 153 g/mol. The van der Waals surface area contributed by atoms with Crippen molar-refractivity contribution >= 4 is 5.97 Å². The van der Waals surface area contributed by atoms with Crippen molar-refractivity contribution in [3.05, 3.63) is 23.5 Å². The lowest BCUT2D eigenvalue weighted by molar-refractivity contribution is 0.0694. The summed E-state index contributed by atoms with van der Waals surface area (Å²) in [4.78, 5) is 10.5. The van der Waals surface area contributed by atoms with Gasteiger partial charge < -0.3 is 14.4 Å². The highest BCUT2D eigenvalue weighted by molar-refractivity contribution is 5.87. The molecule has 0 aromatic carbocycles. The van der Waals surface area contributed by atoms with Gasteiger partial charge in [0.25, 0.3) is 0 Å². The number of hydrogen-bond donors (Lipinski definition) is 1. The molecular weight excluding hydrogens is 146 g/mol. The Morgan fingerprint density at radius 1 is 1.73 bits per heavy atom. The molecule has 0 spiro atoms. The summed E-state index contributed by atoms with van der Waals surface area (Å²) in [5.41, 5.74) is 1.27. The maximum atomic E-state index is 10.5. The van der Waals surface area contributed by atoms with Crippen LogP contribution in [0.5, 0.6) is 0 Å². The van der Waals surface area contributed by atoms with Gasteiger partial charge in [0.2, 0.25) is 0 Å². The van der Waals surface area contributed by atoms with E-state index in [-0.39, 0.29) is 0 Å². The molecule has 0 saturated carbocycles. The first-order valence-electron chi connectivity index (χ1n) is 3.27. The number of carboxylic acid groups (broad SMARTS) is 1. The summed E-state index contributed by atoms with van der Waals surface area (Å²) in [6, 6.07) is 1.63. The van der Waals surface area contributed by atoms with Crippen molar-refractivity contribution in [3.63, 3.8) is 0 Å². The van der Waals surface area contributed by atoms with Gasteiger partial charge in [-0.05, 0) is 6.07 Å². The van der Waals surface area contributed by atoms with Crippen LogP contribution in [-0.4, -0.2) is 15.6 Å². The molecule has 0 radical (unpaired) electrons. The van der Waals surface area contributed by atoms with E-state index in [2.05, 4.69) is 0 Å². The zero-order chi connectivity index (χ0) is 7.84. The summed E-state index contributed by atoms with van der Waals surface area (Å²) >= 11 is 0. The molecule has 1 N–H and O–H groups in total. The molecular formula is C7H7NO3. The number of fused-ring (bicyclic) bond motifs is 1. The highest BCUT2D eigenvalue weighted by Gasteiger charge is 2.14. The van der Waals surface area contributed by atoms with Crippen molar-refractivity contribution in [1.82, 2.24) is 4.57 Å². The molecule has 0 amide bonds. The molecule has 0 fully saturated rings. The minimum Gasteiger partial charge on any atom is -0.478 e. The Morgan fingerprint density at radius 2 is 2.55 bits per heavy atom. The zero-order valence-electron chi connectivity index (χ0n) is 5.78. The molecule has 1 aromatic heterocycles. The van der Waals surface area contributed by atoms with E-state index in [1.165, 1.54) is 0 Å². The summed E-state index contributed by atoms with van der Waals surface area (Å²) in [6.07, 6.45) is 1.59. The molecule has 2 rings (SSSR count). The zero-order valence-corrected chi connectivity index (χ0v) is 5.78. The van der Waals surface area contributed by atoms with E-state index in [1.807, 2.05) is 0 Å². The van der Waals surface area contributed by atoms with Crippen molar-refractivity contribution in [2.45, 2.75) is 13.3 Å². The highest BCUT2D eigenvalue weighted by Crippen LogP contribution is 2.15. The Kier molecular flexibility index (Phi) is 1.22. The third-order valence-electron chi connectivity index (χ3n) is 1.71. The van der Waals surface area contributed by atoms with E-state index in [9.17, 15) is 4.79 Å². The van der Waals surface area contributed by atoms with Gasteiger partial charge in [-0.3, -0.25) is 0 Å². The first-order chi connectivity index (χ1) is 5.27. The first kappa shape index (κ1) is 6.42. The summed E-state index contributed by atoms with van der Waals surface area (Å²) < 4.78 is 6.85. The Hall–Kier alpha value is -1.29. The Labute approximate surface area is 63.0 Å². The number of aromatic carboxylic acids is 1. The van der Waals surface area contributed by atoms with E-state index < -0.39 is 5.97 Å². The van der Waals surface area contributed by atoms with Gasteiger partial charge in [0.1, 0.15) is 6.73 Å². The quantitative estimate of drug-likeness (QED) is 0.645. The molecule has 0 bridgehead atoms. The van der Waals surface area contributed by atoms with Gasteiger partial charge in [0, 0.05) is 11.9 Å². The molecule has 0 saturated heterocycles.